The second-order valence-corrected chi connectivity index (χ2v) is 3.65. The molecule has 0 saturated heterocycles. The second kappa shape index (κ2) is 8.44. The average Bonchev–Trinajstić information content (AvgIpc) is 2.17. The van der Waals surface area contributed by atoms with Gasteiger partial charge < -0.3 is 15.0 Å². The Labute approximate surface area is 92.3 Å². The molecule has 0 spiro atoms. The van der Waals surface area contributed by atoms with Gasteiger partial charge in [0.1, 0.15) is 0 Å². The van der Waals surface area contributed by atoms with Crippen molar-refractivity contribution in [3.05, 3.63) is 12.7 Å². The van der Waals surface area contributed by atoms with Gasteiger partial charge in [0.05, 0.1) is 19.3 Å². The first kappa shape index (κ1) is 14.1. The fourth-order valence-corrected chi connectivity index (χ4v) is 0.966. The molecule has 0 heterocycles. The molecule has 0 fully saturated rings. The summed E-state index contributed by atoms with van der Waals surface area (Å²) in [5, 5.41) is 2.96. The summed E-state index contributed by atoms with van der Waals surface area (Å²) in [4.78, 5) is 13.1. The van der Waals surface area contributed by atoms with E-state index >= 15 is 0 Å². The number of hydrogen-bond acceptors (Lipinski definition) is 3. The molecule has 0 atom stereocenters. The van der Waals surface area contributed by atoms with Crippen LogP contribution in [0.5, 0.6) is 0 Å². The van der Waals surface area contributed by atoms with Crippen LogP contribution in [-0.4, -0.2) is 50.2 Å². The number of carbonyl (C=O) groups excluding carboxylic acids is 1. The monoisotopic (exact) mass is 214 g/mol. The Balaban J connectivity index is 3.55. The maximum Gasteiger partial charge on any atom is 0.236 e. The van der Waals surface area contributed by atoms with Gasteiger partial charge in [-0.1, -0.05) is 6.08 Å². The van der Waals surface area contributed by atoms with Crippen LogP contribution < -0.4 is 5.32 Å². The summed E-state index contributed by atoms with van der Waals surface area (Å²) < 4.78 is 5.36. The van der Waals surface area contributed by atoms with Crippen LogP contribution in [0.25, 0.3) is 0 Å². The van der Waals surface area contributed by atoms with Gasteiger partial charge in [-0.15, -0.1) is 6.58 Å². The van der Waals surface area contributed by atoms with Gasteiger partial charge in [0, 0.05) is 20.1 Å². The van der Waals surface area contributed by atoms with E-state index in [0.717, 1.165) is 0 Å². The largest absolute Gasteiger partial charge is 0.377 e. The number of carbonyl (C=O) groups is 1. The number of hydrogen-bond donors (Lipinski definition) is 1. The molecule has 0 aromatic heterocycles. The predicted octanol–water partition coefficient (Wildman–Crippen LogP) is 0.645. The lowest BCUT2D eigenvalue weighted by Crippen LogP contribution is -2.37. The molecule has 1 N–H and O–H groups in total. The molecule has 0 aliphatic carbocycles. The third kappa shape index (κ3) is 8.15. The molecular formula is C11H22N2O2. The van der Waals surface area contributed by atoms with Crippen molar-refractivity contribution in [2.75, 3.05) is 33.3 Å². The molecule has 0 aromatic rings. The Bertz CT molecular complexity index is 193. The van der Waals surface area contributed by atoms with Crippen molar-refractivity contribution in [1.82, 2.24) is 10.2 Å². The molecule has 0 unspecified atom stereocenters. The van der Waals surface area contributed by atoms with Crippen LogP contribution in [0.3, 0.4) is 0 Å². The molecule has 0 saturated carbocycles. The molecule has 0 aliphatic rings. The maximum atomic E-state index is 11.5. The molecule has 1 amide bonds. The van der Waals surface area contributed by atoms with Crippen molar-refractivity contribution in [3.8, 4) is 0 Å². The third-order valence-corrected chi connectivity index (χ3v) is 1.87. The number of ether oxygens (including phenoxy) is 1. The van der Waals surface area contributed by atoms with Gasteiger partial charge in [0.15, 0.2) is 0 Å². The Kier molecular flexibility index (Phi) is 7.95. The maximum absolute atomic E-state index is 11.5. The van der Waals surface area contributed by atoms with E-state index in [1.807, 2.05) is 13.8 Å². The summed E-state index contributed by atoms with van der Waals surface area (Å²) in [7, 11) is 1.78. The number of nitrogens with zero attached hydrogens (tertiary/aromatic N) is 1. The zero-order valence-electron chi connectivity index (χ0n) is 9.95. The van der Waals surface area contributed by atoms with Crippen molar-refractivity contribution < 1.29 is 9.53 Å². The zero-order valence-corrected chi connectivity index (χ0v) is 9.95. The summed E-state index contributed by atoms with van der Waals surface area (Å²) in [5.74, 6) is 0.0733. The van der Waals surface area contributed by atoms with E-state index < -0.39 is 0 Å². The van der Waals surface area contributed by atoms with Crippen LogP contribution >= 0.6 is 0 Å². The van der Waals surface area contributed by atoms with E-state index in [0.29, 0.717) is 26.2 Å². The zero-order chi connectivity index (χ0) is 11.7. The molecule has 15 heavy (non-hydrogen) atoms. The van der Waals surface area contributed by atoms with Crippen molar-refractivity contribution >= 4 is 5.91 Å². The molecule has 4 nitrogen and oxygen atoms in total. The number of nitrogens with one attached hydrogen (secondary N) is 1. The summed E-state index contributed by atoms with van der Waals surface area (Å²) in [6.07, 6.45) is 1.95. The lowest BCUT2D eigenvalue weighted by atomic mass is 10.4. The SMILES string of the molecule is C=CCNCC(=O)N(C)CCOC(C)C. The van der Waals surface area contributed by atoms with Gasteiger partial charge in [0.25, 0.3) is 0 Å². The highest BCUT2D eigenvalue weighted by molar-refractivity contribution is 5.77. The van der Waals surface area contributed by atoms with Gasteiger partial charge in [-0.25, -0.2) is 0 Å². The summed E-state index contributed by atoms with van der Waals surface area (Å²) in [6.45, 7) is 9.75. The normalized spacial score (nSPS) is 10.4. The van der Waals surface area contributed by atoms with Crippen LogP contribution in [0.15, 0.2) is 12.7 Å². The van der Waals surface area contributed by atoms with Crippen LogP contribution in [0.4, 0.5) is 0 Å². The summed E-state index contributed by atoms with van der Waals surface area (Å²) >= 11 is 0. The van der Waals surface area contributed by atoms with Gasteiger partial charge in [0.2, 0.25) is 5.91 Å². The Morgan fingerprint density at radius 3 is 2.80 bits per heavy atom. The molecule has 0 rings (SSSR count). The van der Waals surface area contributed by atoms with E-state index in [-0.39, 0.29) is 12.0 Å². The first-order chi connectivity index (χ1) is 7.07. The average molecular weight is 214 g/mol. The number of rotatable bonds is 8. The standard InChI is InChI=1S/C11H22N2O2/c1-5-6-12-9-11(14)13(4)7-8-15-10(2)3/h5,10,12H,1,6-9H2,2-4H3. The van der Waals surface area contributed by atoms with Gasteiger partial charge in [-0.2, -0.15) is 0 Å². The quantitative estimate of drug-likeness (QED) is 0.476. The second-order valence-electron chi connectivity index (χ2n) is 3.65. The van der Waals surface area contributed by atoms with Crippen LogP contribution in [-0.2, 0) is 9.53 Å². The third-order valence-electron chi connectivity index (χ3n) is 1.87. The van der Waals surface area contributed by atoms with Crippen molar-refractivity contribution in [2.45, 2.75) is 20.0 Å². The Hall–Kier alpha value is -0.870. The minimum Gasteiger partial charge on any atom is -0.377 e. The first-order valence-corrected chi connectivity index (χ1v) is 5.25. The highest BCUT2D eigenvalue weighted by atomic mass is 16.5. The highest BCUT2D eigenvalue weighted by Crippen LogP contribution is 1.89. The van der Waals surface area contributed by atoms with Gasteiger partial charge in [-0.3, -0.25) is 4.79 Å². The smallest absolute Gasteiger partial charge is 0.236 e. The molecular weight excluding hydrogens is 192 g/mol. The molecule has 0 aromatic carbocycles. The van der Waals surface area contributed by atoms with Crippen LogP contribution in [0.1, 0.15) is 13.8 Å². The fraction of sp³-hybridized carbons (Fsp3) is 0.727. The number of likely N-dealkylation sites (N-methyl/N-ethyl adjacent to an activating group) is 1. The Morgan fingerprint density at radius 1 is 1.60 bits per heavy atom. The first-order valence-electron chi connectivity index (χ1n) is 5.25. The highest BCUT2D eigenvalue weighted by Gasteiger charge is 2.07. The minimum atomic E-state index is 0.0733. The minimum absolute atomic E-state index is 0.0733. The van der Waals surface area contributed by atoms with Crippen molar-refractivity contribution in [3.63, 3.8) is 0 Å². The molecule has 0 aliphatic heterocycles. The summed E-state index contributed by atoms with van der Waals surface area (Å²) in [5.41, 5.74) is 0. The topological polar surface area (TPSA) is 41.6 Å². The molecule has 0 radical (unpaired) electrons. The number of amides is 1. The van der Waals surface area contributed by atoms with Gasteiger partial charge in [-0.05, 0) is 13.8 Å². The van der Waals surface area contributed by atoms with Crippen LogP contribution in [0.2, 0.25) is 0 Å². The molecule has 88 valence electrons. The fourth-order valence-electron chi connectivity index (χ4n) is 0.966. The lowest BCUT2D eigenvalue weighted by Gasteiger charge is -2.18. The van der Waals surface area contributed by atoms with E-state index in [2.05, 4.69) is 11.9 Å². The summed E-state index contributed by atoms with van der Waals surface area (Å²) in [6, 6.07) is 0. The predicted molar refractivity (Wildman–Crippen MR) is 61.8 cm³/mol. The van der Waals surface area contributed by atoms with E-state index in [1.165, 1.54) is 0 Å². The molecule has 4 heteroatoms. The van der Waals surface area contributed by atoms with Gasteiger partial charge >= 0.3 is 0 Å². The molecule has 0 bridgehead atoms. The van der Waals surface area contributed by atoms with Crippen LogP contribution in [0, 0.1) is 0 Å². The van der Waals surface area contributed by atoms with Crippen molar-refractivity contribution in [2.24, 2.45) is 0 Å². The van der Waals surface area contributed by atoms with E-state index in [9.17, 15) is 4.79 Å². The van der Waals surface area contributed by atoms with Crippen molar-refractivity contribution in [1.29, 1.82) is 0 Å². The van der Waals surface area contributed by atoms with E-state index in [1.54, 1.807) is 18.0 Å². The lowest BCUT2D eigenvalue weighted by molar-refractivity contribution is -0.129. The van der Waals surface area contributed by atoms with E-state index in [4.69, 9.17) is 4.74 Å². The Morgan fingerprint density at radius 2 is 2.27 bits per heavy atom.